The molecule has 1 aromatic heterocycles. The van der Waals surface area contributed by atoms with Gasteiger partial charge >= 0.3 is 0 Å². The molecule has 2 N–H and O–H groups in total. The minimum Gasteiger partial charge on any atom is -0.338 e. The van der Waals surface area contributed by atoms with Crippen LogP contribution in [-0.4, -0.2) is 40.2 Å². The van der Waals surface area contributed by atoms with E-state index in [2.05, 4.69) is 21.0 Å². The molecule has 1 aliphatic rings. The molecule has 1 aliphatic heterocycles. The fourth-order valence-corrected chi connectivity index (χ4v) is 3.26. The van der Waals surface area contributed by atoms with Gasteiger partial charge in [0.05, 0.1) is 21.5 Å². The average Bonchev–Trinajstić information content (AvgIpc) is 3.15. The molecular formula is C17H22BrClN4O. The first-order valence-corrected chi connectivity index (χ1v) is 8.62. The number of aryl methyl sites for hydroxylation is 1. The summed E-state index contributed by atoms with van der Waals surface area (Å²) in [6, 6.07) is 7.63. The van der Waals surface area contributed by atoms with E-state index in [9.17, 15) is 4.79 Å². The highest BCUT2D eigenvalue weighted by Gasteiger charge is 2.26. The molecule has 1 saturated heterocycles. The van der Waals surface area contributed by atoms with Crippen molar-refractivity contribution in [3.05, 3.63) is 45.7 Å². The number of hydrogen-bond acceptors (Lipinski definition) is 3. The van der Waals surface area contributed by atoms with E-state index < -0.39 is 0 Å². The summed E-state index contributed by atoms with van der Waals surface area (Å²) in [6.07, 6.45) is 1.00. The van der Waals surface area contributed by atoms with Crippen LogP contribution in [0.3, 0.4) is 0 Å². The second kappa shape index (κ2) is 7.68. The van der Waals surface area contributed by atoms with Gasteiger partial charge in [-0.2, -0.15) is 5.10 Å². The Bertz CT molecular complexity index is 729. The Morgan fingerprint density at radius 1 is 1.33 bits per heavy atom. The SMILES string of the molecule is Cc1nn(-c2ccc(C(=O)N3CCC(CN)C3)cc2)c(C)c1Br.Cl. The molecule has 0 bridgehead atoms. The third-order valence-corrected chi connectivity index (χ3v) is 5.62. The summed E-state index contributed by atoms with van der Waals surface area (Å²) in [5, 5.41) is 4.51. The molecule has 2 aromatic rings. The maximum absolute atomic E-state index is 12.5. The summed E-state index contributed by atoms with van der Waals surface area (Å²) in [7, 11) is 0. The number of likely N-dealkylation sites (tertiary alicyclic amines) is 1. The lowest BCUT2D eigenvalue weighted by Gasteiger charge is -2.16. The van der Waals surface area contributed by atoms with Gasteiger partial charge in [-0.15, -0.1) is 12.4 Å². The van der Waals surface area contributed by atoms with Crippen LogP contribution in [0.4, 0.5) is 0 Å². The van der Waals surface area contributed by atoms with Gasteiger partial charge in [-0.1, -0.05) is 0 Å². The molecule has 24 heavy (non-hydrogen) atoms. The number of carbonyl (C=O) groups excluding carboxylic acids is 1. The highest BCUT2D eigenvalue weighted by molar-refractivity contribution is 9.10. The Morgan fingerprint density at radius 2 is 2.00 bits per heavy atom. The number of benzene rings is 1. The van der Waals surface area contributed by atoms with Crippen molar-refractivity contribution in [2.45, 2.75) is 20.3 Å². The zero-order valence-corrected chi connectivity index (χ0v) is 16.2. The van der Waals surface area contributed by atoms with E-state index in [0.717, 1.165) is 41.1 Å². The van der Waals surface area contributed by atoms with Crippen LogP contribution in [0, 0.1) is 19.8 Å². The molecule has 0 saturated carbocycles. The standard InChI is InChI=1S/C17H21BrN4O.ClH/c1-11-16(18)12(2)22(20-11)15-5-3-14(4-6-15)17(23)21-8-7-13(9-19)10-21;/h3-6,13H,7-10,19H2,1-2H3;1H. The van der Waals surface area contributed by atoms with Crippen LogP contribution in [0.2, 0.25) is 0 Å². The lowest BCUT2D eigenvalue weighted by atomic mass is 10.1. The van der Waals surface area contributed by atoms with Crippen LogP contribution in [-0.2, 0) is 0 Å². The Hall–Kier alpha value is -1.37. The monoisotopic (exact) mass is 412 g/mol. The molecule has 130 valence electrons. The van der Waals surface area contributed by atoms with E-state index in [1.807, 2.05) is 47.7 Å². The summed E-state index contributed by atoms with van der Waals surface area (Å²) < 4.78 is 2.90. The number of halogens is 2. The van der Waals surface area contributed by atoms with E-state index in [1.54, 1.807) is 0 Å². The molecule has 7 heteroatoms. The fraction of sp³-hybridized carbons (Fsp3) is 0.412. The van der Waals surface area contributed by atoms with Gasteiger partial charge in [0.15, 0.2) is 0 Å². The van der Waals surface area contributed by atoms with Gasteiger partial charge in [0.1, 0.15) is 0 Å². The Morgan fingerprint density at radius 3 is 2.50 bits per heavy atom. The molecule has 1 atom stereocenters. The molecule has 0 radical (unpaired) electrons. The van der Waals surface area contributed by atoms with Crippen LogP contribution in [0.15, 0.2) is 28.7 Å². The quantitative estimate of drug-likeness (QED) is 0.841. The Balaban J connectivity index is 0.00000208. The Kier molecular flexibility index (Phi) is 6.06. The molecule has 0 aliphatic carbocycles. The van der Waals surface area contributed by atoms with E-state index in [4.69, 9.17) is 5.73 Å². The molecule has 1 fully saturated rings. The van der Waals surface area contributed by atoms with Crippen LogP contribution in [0.25, 0.3) is 5.69 Å². The fourth-order valence-electron chi connectivity index (χ4n) is 3.01. The Labute approximate surface area is 156 Å². The first-order valence-electron chi connectivity index (χ1n) is 7.82. The lowest BCUT2D eigenvalue weighted by Crippen LogP contribution is -2.29. The second-order valence-corrected chi connectivity index (χ2v) is 6.88. The number of rotatable bonds is 3. The molecule has 1 aromatic carbocycles. The van der Waals surface area contributed by atoms with Crippen LogP contribution in [0.1, 0.15) is 28.2 Å². The van der Waals surface area contributed by atoms with Crippen molar-refractivity contribution in [1.29, 1.82) is 0 Å². The van der Waals surface area contributed by atoms with E-state index in [-0.39, 0.29) is 18.3 Å². The minimum absolute atomic E-state index is 0. The third-order valence-electron chi connectivity index (χ3n) is 4.47. The van der Waals surface area contributed by atoms with Gasteiger partial charge in [-0.3, -0.25) is 4.79 Å². The van der Waals surface area contributed by atoms with Crippen molar-refractivity contribution >= 4 is 34.2 Å². The molecule has 0 spiro atoms. The summed E-state index contributed by atoms with van der Waals surface area (Å²) in [4.78, 5) is 14.4. The number of amides is 1. The highest BCUT2D eigenvalue weighted by Crippen LogP contribution is 2.24. The first kappa shape index (κ1) is 19.0. The lowest BCUT2D eigenvalue weighted by molar-refractivity contribution is 0.0787. The van der Waals surface area contributed by atoms with Crippen molar-refractivity contribution in [2.75, 3.05) is 19.6 Å². The van der Waals surface area contributed by atoms with Gasteiger partial charge in [0.2, 0.25) is 0 Å². The zero-order valence-electron chi connectivity index (χ0n) is 13.8. The van der Waals surface area contributed by atoms with Gasteiger partial charge in [-0.05, 0) is 72.9 Å². The maximum Gasteiger partial charge on any atom is 0.253 e. The molecule has 1 amide bonds. The molecule has 5 nitrogen and oxygen atoms in total. The zero-order chi connectivity index (χ0) is 16.6. The van der Waals surface area contributed by atoms with Gasteiger partial charge in [-0.25, -0.2) is 4.68 Å². The largest absolute Gasteiger partial charge is 0.338 e. The van der Waals surface area contributed by atoms with Crippen LogP contribution in [0.5, 0.6) is 0 Å². The summed E-state index contributed by atoms with van der Waals surface area (Å²) in [5.41, 5.74) is 9.36. The number of hydrogen-bond donors (Lipinski definition) is 1. The van der Waals surface area contributed by atoms with Crippen LogP contribution >= 0.6 is 28.3 Å². The van der Waals surface area contributed by atoms with Crippen molar-refractivity contribution in [2.24, 2.45) is 11.7 Å². The van der Waals surface area contributed by atoms with Gasteiger partial charge < -0.3 is 10.6 Å². The minimum atomic E-state index is 0. The number of nitrogens with zero attached hydrogens (tertiary/aromatic N) is 3. The molecule has 1 unspecified atom stereocenters. The number of aromatic nitrogens is 2. The first-order chi connectivity index (χ1) is 11.0. The number of nitrogens with two attached hydrogens (primary N) is 1. The summed E-state index contributed by atoms with van der Waals surface area (Å²) >= 11 is 3.54. The highest BCUT2D eigenvalue weighted by atomic mass is 79.9. The average molecular weight is 414 g/mol. The van der Waals surface area contributed by atoms with Crippen LogP contribution < -0.4 is 5.73 Å². The predicted molar refractivity (Wildman–Crippen MR) is 101 cm³/mol. The summed E-state index contributed by atoms with van der Waals surface area (Å²) in [6.45, 7) is 6.19. The normalized spacial score (nSPS) is 17.0. The smallest absolute Gasteiger partial charge is 0.253 e. The van der Waals surface area contributed by atoms with E-state index >= 15 is 0 Å². The second-order valence-electron chi connectivity index (χ2n) is 6.09. The third kappa shape index (κ3) is 3.50. The molecular weight excluding hydrogens is 392 g/mol. The molecule has 3 rings (SSSR count). The van der Waals surface area contributed by atoms with E-state index in [0.29, 0.717) is 18.0 Å². The summed E-state index contributed by atoms with van der Waals surface area (Å²) in [5.74, 6) is 0.521. The molecule has 2 heterocycles. The topological polar surface area (TPSA) is 64.2 Å². The van der Waals surface area contributed by atoms with Gasteiger partial charge in [0.25, 0.3) is 5.91 Å². The number of carbonyl (C=O) groups is 1. The van der Waals surface area contributed by atoms with Crippen molar-refractivity contribution in [3.8, 4) is 5.69 Å². The van der Waals surface area contributed by atoms with Crippen molar-refractivity contribution in [1.82, 2.24) is 14.7 Å². The predicted octanol–water partition coefficient (Wildman–Crippen LogP) is 3.09. The van der Waals surface area contributed by atoms with Gasteiger partial charge in [0, 0.05) is 18.7 Å². The van der Waals surface area contributed by atoms with E-state index in [1.165, 1.54) is 0 Å². The van der Waals surface area contributed by atoms with Crippen molar-refractivity contribution < 1.29 is 4.79 Å². The maximum atomic E-state index is 12.5. The van der Waals surface area contributed by atoms with Crippen molar-refractivity contribution in [3.63, 3.8) is 0 Å².